The SMILES string of the molecule is Cc1c(COC(=O)Nc2ccccc2)sc2ncnn12. The number of nitrogens with zero attached hydrogens (tertiary/aromatic N) is 3. The molecule has 20 heavy (non-hydrogen) atoms. The fraction of sp³-hybridized carbons (Fsp3) is 0.154. The van der Waals surface area contributed by atoms with E-state index in [0.29, 0.717) is 5.69 Å². The van der Waals surface area contributed by atoms with E-state index in [0.717, 1.165) is 15.5 Å². The highest BCUT2D eigenvalue weighted by Gasteiger charge is 2.12. The van der Waals surface area contributed by atoms with Crippen molar-refractivity contribution in [1.82, 2.24) is 14.6 Å². The molecule has 0 saturated heterocycles. The maximum absolute atomic E-state index is 11.7. The molecule has 0 aliphatic rings. The van der Waals surface area contributed by atoms with Gasteiger partial charge >= 0.3 is 6.09 Å². The molecule has 3 rings (SSSR count). The van der Waals surface area contributed by atoms with Crippen LogP contribution in [0.25, 0.3) is 4.96 Å². The average Bonchev–Trinajstić information content (AvgIpc) is 3.01. The van der Waals surface area contributed by atoms with Gasteiger partial charge in [-0.25, -0.2) is 14.3 Å². The molecule has 0 aliphatic carbocycles. The maximum Gasteiger partial charge on any atom is 0.411 e. The topological polar surface area (TPSA) is 68.5 Å². The first kappa shape index (κ1) is 12.6. The molecule has 2 aromatic heterocycles. The smallest absolute Gasteiger partial charge is 0.411 e. The van der Waals surface area contributed by atoms with Gasteiger partial charge in [0.1, 0.15) is 12.9 Å². The third kappa shape index (κ3) is 2.48. The Morgan fingerprint density at radius 2 is 2.20 bits per heavy atom. The molecular weight excluding hydrogens is 276 g/mol. The summed E-state index contributed by atoms with van der Waals surface area (Å²) in [4.78, 5) is 17.5. The van der Waals surface area contributed by atoms with Crippen LogP contribution in [0.3, 0.4) is 0 Å². The number of carbonyl (C=O) groups excluding carboxylic acids is 1. The number of rotatable bonds is 3. The molecule has 1 aromatic carbocycles. The van der Waals surface area contributed by atoms with E-state index in [2.05, 4.69) is 15.4 Å². The summed E-state index contributed by atoms with van der Waals surface area (Å²) in [5, 5.41) is 6.76. The second-order valence-corrected chi connectivity index (χ2v) is 5.19. The van der Waals surface area contributed by atoms with E-state index in [4.69, 9.17) is 4.74 Å². The number of aryl methyl sites for hydroxylation is 1. The molecule has 0 saturated carbocycles. The predicted molar refractivity (Wildman–Crippen MR) is 75.9 cm³/mol. The van der Waals surface area contributed by atoms with E-state index in [-0.39, 0.29) is 6.61 Å². The van der Waals surface area contributed by atoms with Crippen LogP contribution < -0.4 is 5.32 Å². The van der Waals surface area contributed by atoms with Gasteiger partial charge in [0, 0.05) is 5.69 Å². The van der Waals surface area contributed by atoms with Crippen molar-refractivity contribution in [3.8, 4) is 0 Å². The molecule has 2 heterocycles. The van der Waals surface area contributed by atoms with Gasteiger partial charge in [0.05, 0.1) is 10.6 Å². The molecule has 0 fully saturated rings. The molecule has 0 radical (unpaired) electrons. The molecule has 6 nitrogen and oxygen atoms in total. The predicted octanol–water partition coefficient (Wildman–Crippen LogP) is 2.85. The highest BCUT2D eigenvalue weighted by molar-refractivity contribution is 7.17. The molecule has 1 N–H and O–H groups in total. The Morgan fingerprint density at radius 3 is 2.95 bits per heavy atom. The van der Waals surface area contributed by atoms with Gasteiger partial charge in [-0.1, -0.05) is 29.5 Å². The third-order valence-corrected chi connectivity index (χ3v) is 3.93. The Morgan fingerprint density at radius 1 is 1.40 bits per heavy atom. The minimum absolute atomic E-state index is 0.209. The summed E-state index contributed by atoms with van der Waals surface area (Å²) in [6, 6.07) is 9.18. The molecular formula is C13H12N4O2S. The Labute approximate surface area is 119 Å². The molecule has 1 amide bonds. The zero-order valence-corrected chi connectivity index (χ0v) is 11.6. The van der Waals surface area contributed by atoms with Crippen molar-refractivity contribution < 1.29 is 9.53 Å². The highest BCUT2D eigenvalue weighted by atomic mass is 32.1. The summed E-state index contributed by atoms with van der Waals surface area (Å²) < 4.78 is 6.94. The number of aromatic nitrogens is 3. The van der Waals surface area contributed by atoms with Crippen molar-refractivity contribution in [2.24, 2.45) is 0 Å². The lowest BCUT2D eigenvalue weighted by molar-refractivity contribution is 0.156. The Balaban J connectivity index is 1.63. The average molecular weight is 288 g/mol. The zero-order valence-electron chi connectivity index (χ0n) is 10.7. The number of hydrogen-bond acceptors (Lipinski definition) is 5. The lowest BCUT2D eigenvalue weighted by Gasteiger charge is -2.06. The van der Waals surface area contributed by atoms with Crippen molar-refractivity contribution in [2.75, 3.05) is 5.32 Å². The van der Waals surface area contributed by atoms with E-state index in [1.165, 1.54) is 17.7 Å². The minimum Gasteiger partial charge on any atom is -0.444 e. The van der Waals surface area contributed by atoms with Gasteiger partial charge in [-0.15, -0.1) is 0 Å². The second kappa shape index (κ2) is 5.30. The van der Waals surface area contributed by atoms with Crippen LogP contribution in [0.5, 0.6) is 0 Å². The summed E-state index contributed by atoms with van der Waals surface area (Å²) in [7, 11) is 0. The Hall–Kier alpha value is -2.41. The van der Waals surface area contributed by atoms with Crippen LogP contribution in [-0.4, -0.2) is 20.7 Å². The summed E-state index contributed by atoms with van der Waals surface area (Å²) in [5.74, 6) is 0. The van der Waals surface area contributed by atoms with Crippen molar-refractivity contribution in [2.45, 2.75) is 13.5 Å². The number of nitrogens with one attached hydrogen (secondary N) is 1. The number of hydrogen-bond donors (Lipinski definition) is 1. The third-order valence-electron chi connectivity index (χ3n) is 2.81. The van der Waals surface area contributed by atoms with Crippen LogP contribution >= 0.6 is 11.3 Å². The van der Waals surface area contributed by atoms with Crippen LogP contribution in [0.15, 0.2) is 36.7 Å². The molecule has 0 aliphatic heterocycles. The summed E-state index contributed by atoms with van der Waals surface area (Å²) in [5.41, 5.74) is 1.65. The number of thiazole rings is 1. The molecule has 7 heteroatoms. The second-order valence-electron chi connectivity index (χ2n) is 4.13. The van der Waals surface area contributed by atoms with Gasteiger partial charge in [-0.2, -0.15) is 5.10 Å². The monoisotopic (exact) mass is 288 g/mol. The van der Waals surface area contributed by atoms with E-state index in [1.807, 2.05) is 25.1 Å². The normalized spacial score (nSPS) is 10.7. The zero-order chi connectivity index (χ0) is 13.9. The van der Waals surface area contributed by atoms with E-state index in [9.17, 15) is 4.79 Å². The van der Waals surface area contributed by atoms with Crippen molar-refractivity contribution in [3.05, 3.63) is 47.2 Å². The van der Waals surface area contributed by atoms with E-state index < -0.39 is 6.09 Å². The lowest BCUT2D eigenvalue weighted by Crippen LogP contribution is -2.13. The number of benzene rings is 1. The number of carbonyl (C=O) groups is 1. The first-order valence-corrected chi connectivity index (χ1v) is 6.82. The molecule has 0 unspecified atom stereocenters. The fourth-order valence-electron chi connectivity index (χ4n) is 1.77. The Bertz CT molecular complexity index is 735. The van der Waals surface area contributed by atoms with E-state index in [1.54, 1.807) is 16.6 Å². The van der Waals surface area contributed by atoms with Crippen LogP contribution in [0.2, 0.25) is 0 Å². The van der Waals surface area contributed by atoms with Crippen molar-refractivity contribution in [1.29, 1.82) is 0 Å². The number of para-hydroxylation sites is 1. The largest absolute Gasteiger partial charge is 0.444 e. The number of fused-ring (bicyclic) bond motifs is 1. The number of anilines is 1. The molecule has 0 bridgehead atoms. The first-order chi connectivity index (χ1) is 9.74. The van der Waals surface area contributed by atoms with Gasteiger partial charge in [0.2, 0.25) is 4.96 Å². The first-order valence-electron chi connectivity index (χ1n) is 6.01. The Kier molecular flexibility index (Phi) is 3.34. The van der Waals surface area contributed by atoms with Crippen molar-refractivity contribution >= 4 is 28.1 Å². The van der Waals surface area contributed by atoms with E-state index >= 15 is 0 Å². The summed E-state index contributed by atoms with van der Waals surface area (Å²) >= 11 is 1.46. The fourth-order valence-corrected chi connectivity index (χ4v) is 2.72. The quantitative estimate of drug-likeness (QED) is 0.804. The molecule has 3 aromatic rings. The van der Waals surface area contributed by atoms with Crippen molar-refractivity contribution in [3.63, 3.8) is 0 Å². The van der Waals surface area contributed by atoms with Crippen LogP contribution in [0.4, 0.5) is 10.5 Å². The van der Waals surface area contributed by atoms with Crippen LogP contribution in [0.1, 0.15) is 10.6 Å². The maximum atomic E-state index is 11.7. The van der Waals surface area contributed by atoms with Crippen LogP contribution in [0, 0.1) is 6.92 Å². The number of ether oxygens (including phenoxy) is 1. The van der Waals surface area contributed by atoms with Gasteiger partial charge in [0.25, 0.3) is 0 Å². The van der Waals surface area contributed by atoms with Crippen LogP contribution in [-0.2, 0) is 11.3 Å². The molecule has 0 atom stereocenters. The summed E-state index contributed by atoms with van der Waals surface area (Å²) in [6.07, 6.45) is 1.03. The number of amides is 1. The summed E-state index contributed by atoms with van der Waals surface area (Å²) in [6.45, 7) is 2.13. The van der Waals surface area contributed by atoms with Gasteiger partial charge in [-0.05, 0) is 19.1 Å². The van der Waals surface area contributed by atoms with Gasteiger partial charge in [0.15, 0.2) is 0 Å². The lowest BCUT2D eigenvalue weighted by atomic mass is 10.3. The highest BCUT2D eigenvalue weighted by Crippen LogP contribution is 2.21. The van der Waals surface area contributed by atoms with Gasteiger partial charge < -0.3 is 4.74 Å². The van der Waals surface area contributed by atoms with Gasteiger partial charge in [-0.3, -0.25) is 5.32 Å². The standard InChI is InChI=1S/C13H12N4O2S/c1-9-11(20-12-14-8-15-17(9)12)7-19-13(18)16-10-5-3-2-4-6-10/h2-6,8H,7H2,1H3,(H,16,18). The minimum atomic E-state index is -0.477. The molecule has 102 valence electrons. The molecule has 0 spiro atoms.